The van der Waals surface area contributed by atoms with Gasteiger partial charge in [-0.1, -0.05) is 45.9 Å². The number of hydrogen-bond donors (Lipinski definition) is 5. The first-order valence-corrected chi connectivity index (χ1v) is 14.0. The summed E-state index contributed by atoms with van der Waals surface area (Å²) in [5.41, 5.74) is 0.331. The molecule has 0 aliphatic heterocycles. The predicted molar refractivity (Wildman–Crippen MR) is 149 cm³/mol. The van der Waals surface area contributed by atoms with Gasteiger partial charge in [0.1, 0.15) is 0 Å². The quantitative estimate of drug-likeness (QED) is 0.288. The summed E-state index contributed by atoms with van der Waals surface area (Å²) in [6.45, 7) is 8.72. The van der Waals surface area contributed by atoms with Crippen LogP contribution < -0.4 is 10.6 Å². The molecule has 0 amide bonds. The van der Waals surface area contributed by atoms with Crippen molar-refractivity contribution in [2.45, 2.75) is 27.7 Å². The molecule has 0 radical (unpaired) electrons. The summed E-state index contributed by atoms with van der Waals surface area (Å²) in [5.74, 6) is 0.463. The predicted octanol–water partition coefficient (Wildman–Crippen LogP) is 4.10. The maximum atomic E-state index is 10.2. The number of carboxylic acid groups (broad SMARTS) is 1. The first-order valence-electron chi connectivity index (χ1n) is 12.1. The van der Waals surface area contributed by atoms with E-state index in [2.05, 4.69) is 27.7 Å². The Balaban J connectivity index is 0.000000280. The SMILES string of the molecule is CC(C)C(CO)C(CO)C(C)C.O=C(O)c1ccccc1.O[PH](O)(c1ccccc1)c1ccccc1. The fourth-order valence-corrected chi connectivity index (χ4v) is 5.42. The molecule has 0 spiro atoms. The molecule has 2 unspecified atom stereocenters. The van der Waals surface area contributed by atoms with Crippen molar-refractivity contribution in [1.29, 1.82) is 0 Å². The average Bonchev–Trinajstić information content (AvgIpc) is 2.89. The van der Waals surface area contributed by atoms with Crippen molar-refractivity contribution >= 4 is 24.3 Å². The fourth-order valence-electron chi connectivity index (χ4n) is 3.77. The Labute approximate surface area is 215 Å². The topological polar surface area (TPSA) is 118 Å². The zero-order valence-electron chi connectivity index (χ0n) is 21.5. The standard InChI is InChI=1S/C12H13O2P.C10H22O2.C7H6O2/c13-15(14,11-7-3-1-4-8-11)12-9-5-2-6-10-12;1-7(2)9(5-11)10(6-12)8(3)4;8-7(9)6-4-2-1-3-5-6/h1-10,13-15H;7-12H,5-6H2,1-4H3;1-5H,(H,8,9). The van der Waals surface area contributed by atoms with Crippen molar-refractivity contribution in [3.8, 4) is 0 Å². The molecule has 0 heterocycles. The van der Waals surface area contributed by atoms with E-state index in [1.807, 2.05) is 36.4 Å². The summed E-state index contributed by atoms with van der Waals surface area (Å²) in [7, 11) is -3.46. The van der Waals surface area contributed by atoms with Crippen LogP contribution in [0.1, 0.15) is 38.1 Å². The van der Waals surface area contributed by atoms with Gasteiger partial charge in [0.05, 0.1) is 5.56 Å². The molecule has 0 aliphatic carbocycles. The number of carbonyl (C=O) groups is 1. The van der Waals surface area contributed by atoms with Crippen LogP contribution in [0.4, 0.5) is 0 Å². The molecule has 0 saturated carbocycles. The van der Waals surface area contributed by atoms with Crippen LogP contribution in [-0.2, 0) is 0 Å². The normalized spacial score (nSPS) is 13.1. The van der Waals surface area contributed by atoms with E-state index >= 15 is 0 Å². The minimum atomic E-state index is -3.46. The number of aliphatic hydroxyl groups excluding tert-OH is 2. The zero-order valence-corrected chi connectivity index (χ0v) is 22.5. The molecule has 36 heavy (non-hydrogen) atoms. The second kappa shape index (κ2) is 16.2. The number of aromatic carboxylic acids is 1. The van der Waals surface area contributed by atoms with Gasteiger partial charge in [-0.25, -0.2) is 4.79 Å². The minimum absolute atomic E-state index is 0.182. The molecule has 6 nitrogen and oxygen atoms in total. The average molecular weight is 517 g/mol. The monoisotopic (exact) mass is 516 g/mol. The molecule has 0 aliphatic rings. The fraction of sp³-hybridized carbons (Fsp3) is 0.345. The van der Waals surface area contributed by atoms with Gasteiger partial charge in [0, 0.05) is 13.2 Å². The molecule has 0 aromatic heterocycles. The molecular formula is C29H41O6P. The summed E-state index contributed by atoms with van der Waals surface area (Å²) in [5, 5.41) is 27.9. The summed E-state index contributed by atoms with van der Waals surface area (Å²) < 4.78 is 0. The van der Waals surface area contributed by atoms with E-state index < -0.39 is 13.7 Å². The van der Waals surface area contributed by atoms with E-state index in [-0.39, 0.29) is 25.0 Å². The molecule has 5 N–H and O–H groups in total. The van der Waals surface area contributed by atoms with Crippen LogP contribution in [0, 0.1) is 23.7 Å². The van der Waals surface area contributed by atoms with Crippen LogP contribution in [-0.4, -0.2) is 44.3 Å². The summed E-state index contributed by atoms with van der Waals surface area (Å²) in [6.07, 6.45) is 0. The van der Waals surface area contributed by atoms with Gasteiger partial charge < -0.3 is 15.3 Å². The Kier molecular flexibility index (Phi) is 14.1. The van der Waals surface area contributed by atoms with Crippen molar-refractivity contribution in [1.82, 2.24) is 0 Å². The van der Waals surface area contributed by atoms with Crippen molar-refractivity contribution in [3.63, 3.8) is 0 Å². The molecule has 0 fully saturated rings. The third kappa shape index (κ3) is 10.2. The van der Waals surface area contributed by atoms with Crippen LogP contribution in [0.2, 0.25) is 0 Å². The van der Waals surface area contributed by atoms with Gasteiger partial charge in [0.15, 0.2) is 0 Å². The second-order valence-electron chi connectivity index (χ2n) is 9.26. The number of aliphatic hydroxyl groups is 2. The Morgan fingerprint density at radius 2 is 0.944 bits per heavy atom. The number of benzene rings is 3. The molecule has 198 valence electrons. The maximum absolute atomic E-state index is 10.2. The number of hydrogen-bond acceptors (Lipinski definition) is 5. The summed E-state index contributed by atoms with van der Waals surface area (Å²) in [6, 6.07) is 26.3. The molecule has 0 saturated heterocycles. The van der Waals surface area contributed by atoms with Crippen LogP contribution in [0.3, 0.4) is 0 Å². The van der Waals surface area contributed by atoms with Crippen LogP contribution >= 0.6 is 7.72 Å². The van der Waals surface area contributed by atoms with Gasteiger partial charge in [-0.3, -0.25) is 0 Å². The van der Waals surface area contributed by atoms with E-state index in [1.165, 1.54) is 0 Å². The first-order chi connectivity index (χ1) is 17.1. The van der Waals surface area contributed by atoms with E-state index in [0.717, 1.165) is 0 Å². The molecule has 3 aromatic carbocycles. The van der Waals surface area contributed by atoms with E-state index in [9.17, 15) is 14.6 Å². The van der Waals surface area contributed by atoms with Crippen molar-refractivity contribution in [2.75, 3.05) is 13.2 Å². The van der Waals surface area contributed by atoms with Gasteiger partial charge >= 0.3 is 94.7 Å². The van der Waals surface area contributed by atoms with Gasteiger partial charge in [-0.2, -0.15) is 0 Å². The van der Waals surface area contributed by atoms with Crippen molar-refractivity contribution in [2.24, 2.45) is 23.7 Å². The van der Waals surface area contributed by atoms with Crippen LogP contribution in [0.25, 0.3) is 0 Å². The summed E-state index contributed by atoms with van der Waals surface area (Å²) in [4.78, 5) is 30.5. The first kappa shape index (κ1) is 31.4. The molecule has 2 atom stereocenters. The van der Waals surface area contributed by atoms with Gasteiger partial charge in [-0.05, 0) is 35.8 Å². The molecule has 3 rings (SSSR count). The molecule has 7 heteroatoms. The number of rotatable bonds is 8. The van der Waals surface area contributed by atoms with Gasteiger partial charge in [0.25, 0.3) is 0 Å². The van der Waals surface area contributed by atoms with Crippen molar-refractivity contribution in [3.05, 3.63) is 96.6 Å². The second-order valence-corrected chi connectivity index (χ2v) is 11.8. The Morgan fingerprint density at radius 3 is 1.17 bits per heavy atom. The number of carboxylic acids is 1. The van der Waals surface area contributed by atoms with Crippen molar-refractivity contribution < 1.29 is 29.9 Å². The Bertz CT molecular complexity index is 923. The van der Waals surface area contributed by atoms with Gasteiger partial charge in [0.2, 0.25) is 0 Å². The molecular weight excluding hydrogens is 475 g/mol. The van der Waals surface area contributed by atoms with E-state index in [1.54, 1.807) is 54.6 Å². The van der Waals surface area contributed by atoms with Crippen LogP contribution in [0.15, 0.2) is 91.0 Å². The third-order valence-electron chi connectivity index (χ3n) is 6.06. The van der Waals surface area contributed by atoms with Crippen LogP contribution in [0.5, 0.6) is 0 Å². The third-order valence-corrected chi connectivity index (χ3v) is 8.33. The van der Waals surface area contributed by atoms with E-state index in [4.69, 9.17) is 15.3 Å². The molecule has 3 aromatic rings. The molecule has 0 bridgehead atoms. The van der Waals surface area contributed by atoms with Gasteiger partial charge in [-0.15, -0.1) is 0 Å². The Hall–Kier alpha value is -2.60. The summed E-state index contributed by atoms with van der Waals surface area (Å²) >= 11 is 0. The zero-order chi connectivity index (χ0) is 27.1. The Morgan fingerprint density at radius 1 is 0.639 bits per heavy atom. The van der Waals surface area contributed by atoms with E-state index in [0.29, 0.717) is 28.0 Å².